The lowest BCUT2D eigenvalue weighted by atomic mass is 9.98. The molecule has 3 nitrogen and oxygen atoms in total. The fourth-order valence-electron chi connectivity index (χ4n) is 2.32. The van der Waals surface area contributed by atoms with Gasteiger partial charge in [0.15, 0.2) is 0 Å². The van der Waals surface area contributed by atoms with Crippen molar-refractivity contribution in [2.24, 2.45) is 0 Å². The molecule has 0 bridgehead atoms. The van der Waals surface area contributed by atoms with Gasteiger partial charge >= 0.3 is 6.03 Å². The third-order valence-electron chi connectivity index (χ3n) is 3.49. The first-order chi connectivity index (χ1) is 10.5. The molecule has 2 amide bonds. The zero-order valence-electron chi connectivity index (χ0n) is 13.4. The number of urea groups is 1. The quantitative estimate of drug-likeness (QED) is 0.733. The highest BCUT2D eigenvalue weighted by Gasteiger charge is 2.12. The number of hydrogen-bond donors (Lipinski definition) is 2. The second-order valence-corrected chi connectivity index (χ2v) is 6.38. The SMILES string of the molecule is CSc1cccc(NC(=O)Nc2c(C)cccc2C(C)C)c1. The number of carbonyl (C=O) groups excluding carboxylic acids is 1. The van der Waals surface area contributed by atoms with Gasteiger partial charge in [0.25, 0.3) is 0 Å². The Morgan fingerprint density at radius 1 is 1.09 bits per heavy atom. The molecule has 116 valence electrons. The maximum atomic E-state index is 12.3. The van der Waals surface area contributed by atoms with E-state index in [2.05, 4.69) is 30.5 Å². The lowest BCUT2D eigenvalue weighted by Crippen LogP contribution is -2.21. The number of anilines is 2. The highest BCUT2D eigenvalue weighted by Crippen LogP contribution is 2.27. The van der Waals surface area contributed by atoms with Gasteiger partial charge in [-0.05, 0) is 48.4 Å². The molecule has 22 heavy (non-hydrogen) atoms. The van der Waals surface area contributed by atoms with Gasteiger partial charge in [0.05, 0.1) is 0 Å². The minimum Gasteiger partial charge on any atom is -0.308 e. The normalized spacial score (nSPS) is 10.6. The van der Waals surface area contributed by atoms with E-state index in [1.165, 1.54) is 0 Å². The van der Waals surface area contributed by atoms with Crippen LogP contribution in [-0.2, 0) is 0 Å². The number of para-hydroxylation sites is 1. The van der Waals surface area contributed by atoms with Gasteiger partial charge in [-0.2, -0.15) is 0 Å². The van der Waals surface area contributed by atoms with Gasteiger partial charge in [0, 0.05) is 16.3 Å². The maximum Gasteiger partial charge on any atom is 0.323 e. The highest BCUT2D eigenvalue weighted by molar-refractivity contribution is 7.98. The monoisotopic (exact) mass is 314 g/mol. The van der Waals surface area contributed by atoms with Crippen LogP contribution in [0.1, 0.15) is 30.9 Å². The molecule has 2 aromatic carbocycles. The second kappa shape index (κ2) is 7.36. The Bertz CT molecular complexity index is 668. The summed E-state index contributed by atoms with van der Waals surface area (Å²) in [7, 11) is 0. The summed E-state index contributed by atoms with van der Waals surface area (Å²) in [6, 6.07) is 13.7. The molecule has 0 unspecified atom stereocenters. The topological polar surface area (TPSA) is 41.1 Å². The van der Waals surface area contributed by atoms with Gasteiger partial charge in [-0.1, -0.05) is 38.1 Å². The molecular weight excluding hydrogens is 292 g/mol. The summed E-state index contributed by atoms with van der Waals surface area (Å²) >= 11 is 1.65. The van der Waals surface area contributed by atoms with Crippen molar-refractivity contribution in [1.29, 1.82) is 0 Å². The Morgan fingerprint density at radius 2 is 1.82 bits per heavy atom. The van der Waals surface area contributed by atoms with Crippen molar-refractivity contribution < 1.29 is 4.79 Å². The molecule has 0 aliphatic heterocycles. The molecule has 0 saturated carbocycles. The van der Waals surface area contributed by atoms with Crippen molar-refractivity contribution in [3.8, 4) is 0 Å². The largest absolute Gasteiger partial charge is 0.323 e. The second-order valence-electron chi connectivity index (χ2n) is 5.50. The lowest BCUT2D eigenvalue weighted by molar-refractivity contribution is 0.262. The van der Waals surface area contributed by atoms with Crippen LogP contribution >= 0.6 is 11.8 Å². The fraction of sp³-hybridized carbons (Fsp3) is 0.278. The Balaban J connectivity index is 2.15. The summed E-state index contributed by atoms with van der Waals surface area (Å²) in [5, 5.41) is 5.88. The fourth-order valence-corrected chi connectivity index (χ4v) is 2.78. The van der Waals surface area contributed by atoms with E-state index in [-0.39, 0.29) is 6.03 Å². The molecule has 0 spiro atoms. The van der Waals surface area contributed by atoms with E-state index in [0.29, 0.717) is 5.92 Å². The molecule has 2 rings (SSSR count). The van der Waals surface area contributed by atoms with E-state index in [9.17, 15) is 4.79 Å². The first-order valence-electron chi connectivity index (χ1n) is 7.33. The number of thioether (sulfide) groups is 1. The van der Waals surface area contributed by atoms with Crippen LogP contribution in [0.25, 0.3) is 0 Å². The third kappa shape index (κ3) is 4.04. The molecule has 0 aliphatic carbocycles. The zero-order valence-corrected chi connectivity index (χ0v) is 14.3. The number of aryl methyl sites for hydroxylation is 1. The summed E-state index contributed by atoms with van der Waals surface area (Å²) in [4.78, 5) is 13.4. The van der Waals surface area contributed by atoms with Crippen molar-refractivity contribution in [1.82, 2.24) is 0 Å². The van der Waals surface area contributed by atoms with Crippen LogP contribution in [0.5, 0.6) is 0 Å². The first kappa shape index (κ1) is 16.4. The van der Waals surface area contributed by atoms with Crippen LogP contribution in [0.4, 0.5) is 16.2 Å². The van der Waals surface area contributed by atoms with E-state index < -0.39 is 0 Å². The number of nitrogens with one attached hydrogen (secondary N) is 2. The van der Waals surface area contributed by atoms with Gasteiger partial charge in [0.2, 0.25) is 0 Å². The van der Waals surface area contributed by atoms with E-state index in [1.54, 1.807) is 11.8 Å². The van der Waals surface area contributed by atoms with Gasteiger partial charge in [-0.3, -0.25) is 0 Å². The Morgan fingerprint density at radius 3 is 2.50 bits per heavy atom. The summed E-state index contributed by atoms with van der Waals surface area (Å²) in [5.74, 6) is 0.356. The van der Waals surface area contributed by atoms with Crippen LogP contribution in [0.3, 0.4) is 0 Å². The van der Waals surface area contributed by atoms with Gasteiger partial charge in [-0.15, -0.1) is 11.8 Å². The first-order valence-corrected chi connectivity index (χ1v) is 8.55. The third-order valence-corrected chi connectivity index (χ3v) is 4.22. The van der Waals surface area contributed by atoms with E-state index in [1.807, 2.05) is 49.6 Å². The Kier molecular flexibility index (Phi) is 5.50. The van der Waals surface area contributed by atoms with Crippen molar-refractivity contribution in [3.63, 3.8) is 0 Å². The molecule has 0 heterocycles. The number of carbonyl (C=O) groups is 1. The molecule has 0 aliphatic rings. The molecule has 0 aromatic heterocycles. The standard InChI is InChI=1S/C18H22N2OS/c1-12(2)16-10-5-7-13(3)17(16)20-18(21)19-14-8-6-9-15(11-14)22-4/h5-12H,1-4H3,(H2,19,20,21). The smallest absolute Gasteiger partial charge is 0.308 e. The molecule has 0 atom stereocenters. The number of hydrogen-bond acceptors (Lipinski definition) is 2. The van der Waals surface area contributed by atoms with Crippen LogP contribution < -0.4 is 10.6 Å². The van der Waals surface area contributed by atoms with Crippen molar-refractivity contribution in [2.75, 3.05) is 16.9 Å². The van der Waals surface area contributed by atoms with E-state index in [4.69, 9.17) is 0 Å². The molecule has 0 saturated heterocycles. The van der Waals surface area contributed by atoms with Crippen LogP contribution in [-0.4, -0.2) is 12.3 Å². The summed E-state index contributed by atoms with van der Waals surface area (Å²) in [5.41, 5.74) is 3.91. The molecule has 0 fully saturated rings. The predicted octanol–water partition coefficient (Wildman–Crippen LogP) is 5.48. The molecular formula is C18H22N2OS. The van der Waals surface area contributed by atoms with Crippen molar-refractivity contribution in [2.45, 2.75) is 31.6 Å². The Hall–Kier alpha value is -1.94. The summed E-state index contributed by atoms with van der Waals surface area (Å²) < 4.78 is 0. The van der Waals surface area contributed by atoms with Crippen LogP contribution in [0.15, 0.2) is 47.4 Å². The molecule has 4 heteroatoms. The van der Waals surface area contributed by atoms with E-state index in [0.717, 1.165) is 27.4 Å². The van der Waals surface area contributed by atoms with Gasteiger partial charge in [0.1, 0.15) is 0 Å². The number of amides is 2. The number of benzene rings is 2. The van der Waals surface area contributed by atoms with Crippen molar-refractivity contribution >= 4 is 29.2 Å². The summed E-state index contributed by atoms with van der Waals surface area (Å²) in [6.45, 7) is 6.26. The zero-order chi connectivity index (χ0) is 16.1. The molecule has 2 N–H and O–H groups in total. The van der Waals surface area contributed by atoms with Crippen LogP contribution in [0, 0.1) is 6.92 Å². The van der Waals surface area contributed by atoms with Crippen molar-refractivity contribution in [3.05, 3.63) is 53.6 Å². The van der Waals surface area contributed by atoms with Gasteiger partial charge < -0.3 is 10.6 Å². The average Bonchev–Trinajstić information content (AvgIpc) is 2.49. The molecule has 0 radical (unpaired) electrons. The molecule has 2 aromatic rings. The minimum absolute atomic E-state index is 0.213. The lowest BCUT2D eigenvalue weighted by Gasteiger charge is -2.17. The van der Waals surface area contributed by atoms with E-state index >= 15 is 0 Å². The maximum absolute atomic E-state index is 12.3. The predicted molar refractivity (Wildman–Crippen MR) is 96.1 cm³/mol. The number of rotatable bonds is 4. The minimum atomic E-state index is -0.213. The highest BCUT2D eigenvalue weighted by atomic mass is 32.2. The average molecular weight is 314 g/mol. The Labute approximate surface area is 136 Å². The van der Waals surface area contributed by atoms with Gasteiger partial charge in [-0.25, -0.2) is 4.79 Å². The van der Waals surface area contributed by atoms with Crippen LogP contribution in [0.2, 0.25) is 0 Å². The summed E-state index contributed by atoms with van der Waals surface area (Å²) in [6.07, 6.45) is 2.02.